The average molecular weight is 222 g/mol. The Morgan fingerprint density at radius 2 is 2.00 bits per heavy atom. The maximum Gasteiger partial charge on any atom is 0.239 e. The van der Waals surface area contributed by atoms with Crippen molar-refractivity contribution in [2.45, 2.75) is 13.3 Å². The summed E-state index contributed by atoms with van der Waals surface area (Å²) in [6.07, 6.45) is 0.953. The van der Waals surface area contributed by atoms with Crippen molar-refractivity contribution in [3.05, 3.63) is 24.3 Å². The van der Waals surface area contributed by atoms with Crippen molar-refractivity contribution in [2.24, 2.45) is 0 Å². The van der Waals surface area contributed by atoms with E-state index in [0.29, 0.717) is 6.54 Å². The van der Waals surface area contributed by atoms with Crippen LogP contribution in [-0.2, 0) is 4.79 Å². The highest BCUT2D eigenvalue weighted by atomic mass is 16.5. The van der Waals surface area contributed by atoms with E-state index in [9.17, 15) is 4.79 Å². The molecule has 0 unspecified atom stereocenters. The van der Waals surface area contributed by atoms with Gasteiger partial charge in [0.15, 0.2) is 0 Å². The molecule has 4 nitrogen and oxygen atoms in total. The Balaban J connectivity index is 2.33. The number of hydrogen-bond acceptors (Lipinski definition) is 3. The Kier molecular flexibility index (Phi) is 5.19. The van der Waals surface area contributed by atoms with Crippen LogP contribution in [0.4, 0.5) is 5.69 Å². The van der Waals surface area contributed by atoms with E-state index in [2.05, 4.69) is 10.6 Å². The Morgan fingerprint density at radius 3 is 2.56 bits per heavy atom. The number of benzene rings is 1. The van der Waals surface area contributed by atoms with Gasteiger partial charge in [0.25, 0.3) is 0 Å². The molecule has 0 aromatic heterocycles. The van der Waals surface area contributed by atoms with Crippen LogP contribution in [0.3, 0.4) is 0 Å². The van der Waals surface area contributed by atoms with E-state index in [1.54, 1.807) is 7.11 Å². The normalized spacial score (nSPS) is 9.62. The fourth-order valence-corrected chi connectivity index (χ4v) is 1.22. The van der Waals surface area contributed by atoms with Gasteiger partial charge in [-0.05, 0) is 30.7 Å². The van der Waals surface area contributed by atoms with Gasteiger partial charge in [-0.1, -0.05) is 6.92 Å². The molecule has 1 aromatic rings. The number of methoxy groups -OCH3 is 1. The minimum Gasteiger partial charge on any atom is -0.497 e. The van der Waals surface area contributed by atoms with Crippen LogP contribution < -0.4 is 15.4 Å². The molecule has 4 heteroatoms. The highest BCUT2D eigenvalue weighted by molar-refractivity contribution is 5.80. The molecule has 0 aliphatic carbocycles. The second-order valence-electron chi connectivity index (χ2n) is 3.43. The minimum absolute atomic E-state index is 0.0117. The van der Waals surface area contributed by atoms with Crippen LogP contribution in [0.25, 0.3) is 0 Å². The third kappa shape index (κ3) is 4.21. The molecule has 0 saturated carbocycles. The van der Waals surface area contributed by atoms with E-state index >= 15 is 0 Å². The van der Waals surface area contributed by atoms with E-state index in [0.717, 1.165) is 24.4 Å². The van der Waals surface area contributed by atoms with E-state index < -0.39 is 0 Å². The van der Waals surface area contributed by atoms with Crippen LogP contribution in [0.15, 0.2) is 24.3 Å². The summed E-state index contributed by atoms with van der Waals surface area (Å²) in [5.74, 6) is 0.818. The Morgan fingerprint density at radius 1 is 1.31 bits per heavy atom. The summed E-state index contributed by atoms with van der Waals surface area (Å²) < 4.78 is 5.04. The average Bonchev–Trinajstić information content (AvgIpc) is 2.34. The van der Waals surface area contributed by atoms with Crippen molar-refractivity contribution in [3.8, 4) is 5.75 Å². The topological polar surface area (TPSA) is 50.4 Å². The Labute approximate surface area is 96.0 Å². The molecule has 0 spiro atoms. The number of anilines is 1. The van der Waals surface area contributed by atoms with Crippen LogP contribution in [0.5, 0.6) is 5.75 Å². The number of rotatable bonds is 6. The molecule has 16 heavy (non-hydrogen) atoms. The molecular formula is C12H18N2O2. The van der Waals surface area contributed by atoms with Crippen LogP contribution in [-0.4, -0.2) is 26.1 Å². The summed E-state index contributed by atoms with van der Waals surface area (Å²) in [5.41, 5.74) is 0.910. The zero-order valence-electron chi connectivity index (χ0n) is 9.75. The molecule has 2 N–H and O–H groups in total. The maximum atomic E-state index is 11.3. The van der Waals surface area contributed by atoms with Gasteiger partial charge in [0.05, 0.1) is 13.7 Å². The lowest BCUT2D eigenvalue weighted by molar-refractivity contribution is -0.119. The van der Waals surface area contributed by atoms with Gasteiger partial charge in [-0.3, -0.25) is 4.79 Å². The summed E-state index contributed by atoms with van der Waals surface area (Å²) in [6.45, 7) is 3.05. The van der Waals surface area contributed by atoms with Gasteiger partial charge in [-0.2, -0.15) is 0 Å². The number of hydrogen-bond donors (Lipinski definition) is 2. The monoisotopic (exact) mass is 222 g/mol. The first-order chi connectivity index (χ1) is 7.76. The SMILES string of the molecule is CCCNC(=O)CNc1ccc(OC)cc1. The number of amides is 1. The fourth-order valence-electron chi connectivity index (χ4n) is 1.22. The first-order valence-corrected chi connectivity index (χ1v) is 5.41. The molecule has 1 amide bonds. The predicted molar refractivity (Wildman–Crippen MR) is 64.8 cm³/mol. The number of carbonyl (C=O) groups excluding carboxylic acids is 1. The van der Waals surface area contributed by atoms with Gasteiger partial charge >= 0.3 is 0 Å². The van der Waals surface area contributed by atoms with Gasteiger partial charge in [-0.15, -0.1) is 0 Å². The lowest BCUT2D eigenvalue weighted by Gasteiger charge is -2.07. The summed E-state index contributed by atoms with van der Waals surface area (Å²) in [6, 6.07) is 7.47. The summed E-state index contributed by atoms with van der Waals surface area (Å²) in [4.78, 5) is 11.3. The van der Waals surface area contributed by atoms with Gasteiger partial charge < -0.3 is 15.4 Å². The molecule has 0 aliphatic rings. The van der Waals surface area contributed by atoms with Crippen molar-refractivity contribution < 1.29 is 9.53 Å². The molecule has 0 atom stereocenters. The third-order valence-electron chi connectivity index (χ3n) is 2.12. The summed E-state index contributed by atoms with van der Waals surface area (Å²) in [5, 5.41) is 5.84. The van der Waals surface area contributed by atoms with E-state index in [1.807, 2.05) is 31.2 Å². The predicted octanol–water partition coefficient (Wildman–Crippen LogP) is 1.63. The van der Waals surface area contributed by atoms with Crippen molar-refractivity contribution in [1.82, 2.24) is 5.32 Å². The summed E-state index contributed by atoms with van der Waals surface area (Å²) in [7, 11) is 1.63. The molecule has 0 saturated heterocycles. The zero-order valence-corrected chi connectivity index (χ0v) is 9.75. The molecule has 0 fully saturated rings. The lowest BCUT2D eigenvalue weighted by Crippen LogP contribution is -2.30. The van der Waals surface area contributed by atoms with Gasteiger partial charge in [-0.25, -0.2) is 0 Å². The van der Waals surface area contributed by atoms with E-state index in [-0.39, 0.29) is 5.91 Å². The van der Waals surface area contributed by atoms with Gasteiger partial charge in [0.2, 0.25) is 5.91 Å². The fraction of sp³-hybridized carbons (Fsp3) is 0.417. The van der Waals surface area contributed by atoms with Crippen molar-refractivity contribution in [3.63, 3.8) is 0 Å². The molecule has 1 aromatic carbocycles. The quantitative estimate of drug-likeness (QED) is 0.769. The van der Waals surface area contributed by atoms with Gasteiger partial charge in [0, 0.05) is 12.2 Å². The Hall–Kier alpha value is -1.71. The second kappa shape index (κ2) is 6.71. The Bertz CT molecular complexity index is 322. The van der Waals surface area contributed by atoms with Crippen LogP contribution >= 0.6 is 0 Å². The largest absolute Gasteiger partial charge is 0.497 e. The van der Waals surface area contributed by atoms with Crippen LogP contribution in [0.1, 0.15) is 13.3 Å². The first-order valence-electron chi connectivity index (χ1n) is 5.41. The molecule has 0 radical (unpaired) electrons. The number of nitrogens with one attached hydrogen (secondary N) is 2. The van der Waals surface area contributed by atoms with E-state index in [4.69, 9.17) is 4.74 Å². The van der Waals surface area contributed by atoms with Crippen molar-refractivity contribution in [2.75, 3.05) is 25.5 Å². The molecule has 1 rings (SSSR count). The summed E-state index contributed by atoms with van der Waals surface area (Å²) >= 11 is 0. The number of carbonyl (C=O) groups is 1. The van der Waals surface area contributed by atoms with Crippen molar-refractivity contribution >= 4 is 11.6 Å². The molecule has 88 valence electrons. The standard InChI is InChI=1S/C12H18N2O2/c1-3-8-13-12(15)9-14-10-4-6-11(16-2)7-5-10/h4-7,14H,3,8-9H2,1-2H3,(H,13,15). The smallest absolute Gasteiger partial charge is 0.239 e. The highest BCUT2D eigenvalue weighted by Crippen LogP contribution is 2.14. The molecular weight excluding hydrogens is 204 g/mol. The van der Waals surface area contributed by atoms with Crippen molar-refractivity contribution in [1.29, 1.82) is 0 Å². The third-order valence-corrected chi connectivity index (χ3v) is 2.12. The number of ether oxygens (including phenoxy) is 1. The second-order valence-corrected chi connectivity index (χ2v) is 3.43. The van der Waals surface area contributed by atoms with Crippen LogP contribution in [0, 0.1) is 0 Å². The van der Waals surface area contributed by atoms with Crippen LogP contribution in [0.2, 0.25) is 0 Å². The first kappa shape index (κ1) is 12.4. The molecule has 0 aliphatic heterocycles. The van der Waals surface area contributed by atoms with E-state index in [1.165, 1.54) is 0 Å². The highest BCUT2D eigenvalue weighted by Gasteiger charge is 1.99. The van der Waals surface area contributed by atoms with Gasteiger partial charge in [0.1, 0.15) is 5.75 Å². The zero-order chi connectivity index (χ0) is 11.8. The molecule has 0 heterocycles. The molecule has 0 bridgehead atoms. The maximum absolute atomic E-state index is 11.3. The minimum atomic E-state index is 0.0117. The lowest BCUT2D eigenvalue weighted by atomic mass is 10.3.